The molecule has 0 radical (unpaired) electrons. The van der Waals surface area contributed by atoms with Crippen molar-refractivity contribution in [1.29, 1.82) is 0 Å². The summed E-state index contributed by atoms with van der Waals surface area (Å²) in [4.78, 5) is 15.0. The second kappa shape index (κ2) is 10.4. The Morgan fingerprint density at radius 3 is 2.88 bits per heavy atom. The summed E-state index contributed by atoms with van der Waals surface area (Å²) in [6, 6.07) is 7.50. The SMILES string of the molecule is CN=C(NCc1cccc(OCC(N)=O)c1)NCC1(C)CCCO1.I. The van der Waals surface area contributed by atoms with Gasteiger partial charge in [0.05, 0.1) is 5.60 Å². The van der Waals surface area contributed by atoms with Crippen LogP contribution in [0.5, 0.6) is 5.75 Å². The number of benzene rings is 1. The molecule has 1 aromatic carbocycles. The highest BCUT2D eigenvalue weighted by molar-refractivity contribution is 14.0. The van der Waals surface area contributed by atoms with Crippen molar-refractivity contribution >= 4 is 35.8 Å². The first-order valence-electron chi connectivity index (χ1n) is 8.09. The van der Waals surface area contributed by atoms with E-state index in [1.165, 1.54) is 0 Å². The summed E-state index contributed by atoms with van der Waals surface area (Å²) in [6.07, 6.45) is 2.15. The fourth-order valence-corrected chi connectivity index (χ4v) is 2.55. The zero-order chi connectivity index (χ0) is 17.4. The molecule has 1 atom stereocenters. The molecule has 8 heteroatoms. The topological polar surface area (TPSA) is 98.0 Å². The van der Waals surface area contributed by atoms with Crippen LogP contribution in [0.3, 0.4) is 0 Å². The molecule has 0 aromatic heterocycles. The molecule has 1 heterocycles. The number of rotatable bonds is 7. The Hall–Kier alpha value is -1.55. The summed E-state index contributed by atoms with van der Waals surface area (Å²) in [5.41, 5.74) is 5.97. The predicted octanol–water partition coefficient (Wildman–Crippen LogP) is 1.40. The fraction of sp³-hybridized carbons (Fsp3) is 0.529. The maximum Gasteiger partial charge on any atom is 0.255 e. The minimum absolute atomic E-state index is 0. The van der Waals surface area contributed by atoms with Crippen LogP contribution in [0.15, 0.2) is 29.3 Å². The summed E-state index contributed by atoms with van der Waals surface area (Å²) in [5.74, 6) is 0.837. The zero-order valence-corrected chi connectivity index (χ0v) is 17.0. The van der Waals surface area contributed by atoms with Crippen molar-refractivity contribution in [3.05, 3.63) is 29.8 Å². The first kappa shape index (κ1) is 21.5. The van der Waals surface area contributed by atoms with Crippen LogP contribution in [-0.4, -0.2) is 44.3 Å². The Balaban J connectivity index is 0.00000312. The third-order valence-electron chi connectivity index (χ3n) is 3.89. The van der Waals surface area contributed by atoms with E-state index in [9.17, 15) is 4.79 Å². The van der Waals surface area contributed by atoms with Gasteiger partial charge in [0.1, 0.15) is 5.75 Å². The van der Waals surface area contributed by atoms with Gasteiger partial charge in [-0.25, -0.2) is 0 Å². The van der Waals surface area contributed by atoms with E-state index in [4.69, 9.17) is 15.2 Å². The number of amides is 1. The average Bonchev–Trinajstić information content (AvgIpc) is 3.00. The Morgan fingerprint density at radius 2 is 2.24 bits per heavy atom. The highest BCUT2D eigenvalue weighted by atomic mass is 127. The molecule has 1 aliphatic rings. The molecular weight excluding hydrogens is 435 g/mol. The quantitative estimate of drug-likeness (QED) is 0.324. The number of aliphatic imine (C=N–C) groups is 1. The Bertz CT molecular complexity index is 589. The smallest absolute Gasteiger partial charge is 0.255 e. The molecule has 0 saturated carbocycles. The van der Waals surface area contributed by atoms with Crippen molar-refractivity contribution in [3.8, 4) is 5.75 Å². The minimum atomic E-state index is -0.495. The lowest BCUT2D eigenvalue weighted by Crippen LogP contribution is -2.45. The number of ether oxygens (including phenoxy) is 2. The summed E-state index contributed by atoms with van der Waals surface area (Å²) in [5, 5.41) is 6.55. The predicted molar refractivity (Wildman–Crippen MR) is 108 cm³/mol. The van der Waals surface area contributed by atoms with Crippen molar-refractivity contribution in [2.45, 2.75) is 31.9 Å². The lowest BCUT2D eigenvalue weighted by Gasteiger charge is -2.24. The van der Waals surface area contributed by atoms with E-state index < -0.39 is 5.91 Å². The van der Waals surface area contributed by atoms with Gasteiger partial charge in [-0.2, -0.15) is 0 Å². The lowest BCUT2D eigenvalue weighted by atomic mass is 10.0. The third-order valence-corrected chi connectivity index (χ3v) is 3.89. The number of halogens is 1. The standard InChI is InChI=1S/C17H26N4O3.HI/c1-17(7-4-8-24-17)12-21-16(19-2)20-10-13-5-3-6-14(9-13)23-11-15(18)22;/h3,5-6,9H,4,7-8,10-12H2,1-2H3,(H2,18,22)(H2,19,20,21);1H. The first-order valence-corrected chi connectivity index (χ1v) is 8.09. The number of primary amides is 1. The molecule has 1 aromatic rings. The number of carbonyl (C=O) groups excluding carboxylic acids is 1. The van der Waals surface area contributed by atoms with E-state index in [0.29, 0.717) is 18.8 Å². The second-order valence-corrected chi connectivity index (χ2v) is 6.08. The number of hydrogen-bond donors (Lipinski definition) is 3. The molecule has 1 aliphatic heterocycles. The van der Waals surface area contributed by atoms with Gasteiger partial charge in [-0.3, -0.25) is 9.79 Å². The monoisotopic (exact) mass is 462 g/mol. The number of nitrogens with two attached hydrogens (primary N) is 1. The van der Waals surface area contributed by atoms with Gasteiger partial charge in [-0.1, -0.05) is 12.1 Å². The van der Waals surface area contributed by atoms with Crippen LogP contribution < -0.4 is 21.1 Å². The van der Waals surface area contributed by atoms with E-state index in [-0.39, 0.29) is 36.2 Å². The van der Waals surface area contributed by atoms with Crippen LogP contribution in [0.4, 0.5) is 0 Å². The highest BCUT2D eigenvalue weighted by Gasteiger charge is 2.29. The van der Waals surface area contributed by atoms with Gasteiger partial charge in [0.15, 0.2) is 12.6 Å². The summed E-state index contributed by atoms with van der Waals surface area (Å²) in [7, 11) is 1.74. The van der Waals surface area contributed by atoms with E-state index in [2.05, 4.69) is 22.5 Å². The molecule has 0 bridgehead atoms. The molecule has 7 nitrogen and oxygen atoms in total. The minimum Gasteiger partial charge on any atom is -0.484 e. The van der Waals surface area contributed by atoms with Crippen molar-refractivity contribution in [3.63, 3.8) is 0 Å². The Morgan fingerprint density at radius 1 is 1.44 bits per heavy atom. The first-order chi connectivity index (χ1) is 11.5. The molecule has 1 amide bonds. The summed E-state index contributed by atoms with van der Waals surface area (Å²) in [6.45, 7) is 4.11. The van der Waals surface area contributed by atoms with Crippen molar-refractivity contribution in [2.75, 3.05) is 26.8 Å². The second-order valence-electron chi connectivity index (χ2n) is 6.08. The van der Waals surface area contributed by atoms with Crippen LogP contribution in [0.1, 0.15) is 25.3 Å². The number of guanidine groups is 1. The number of hydrogen-bond acceptors (Lipinski definition) is 4. The number of nitrogens with zero attached hydrogens (tertiary/aromatic N) is 1. The van der Waals surface area contributed by atoms with Gasteiger partial charge < -0.3 is 25.8 Å². The van der Waals surface area contributed by atoms with Gasteiger partial charge in [-0.05, 0) is 37.5 Å². The van der Waals surface area contributed by atoms with Crippen molar-refractivity contribution in [1.82, 2.24) is 10.6 Å². The molecule has 1 saturated heterocycles. The summed E-state index contributed by atoms with van der Waals surface area (Å²) >= 11 is 0. The fourth-order valence-electron chi connectivity index (χ4n) is 2.55. The van der Waals surface area contributed by atoms with Crippen molar-refractivity contribution in [2.24, 2.45) is 10.7 Å². The lowest BCUT2D eigenvalue weighted by molar-refractivity contribution is -0.119. The van der Waals surface area contributed by atoms with Crippen molar-refractivity contribution < 1.29 is 14.3 Å². The maximum atomic E-state index is 10.8. The van der Waals surface area contributed by atoms with Gasteiger partial charge in [0, 0.05) is 26.7 Å². The molecule has 4 N–H and O–H groups in total. The molecule has 0 spiro atoms. The number of nitrogens with one attached hydrogen (secondary N) is 2. The number of carbonyl (C=O) groups is 1. The maximum absolute atomic E-state index is 10.8. The van der Waals surface area contributed by atoms with Gasteiger partial charge in [0.25, 0.3) is 5.91 Å². The van der Waals surface area contributed by atoms with Crippen LogP contribution in [0.2, 0.25) is 0 Å². The van der Waals surface area contributed by atoms with Crippen LogP contribution >= 0.6 is 24.0 Å². The largest absolute Gasteiger partial charge is 0.484 e. The Kier molecular flexibility index (Phi) is 8.98. The molecule has 1 fully saturated rings. The summed E-state index contributed by atoms with van der Waals surface area (Å²) < 4.78 is 11.1. The third kappa shape index (κ3) is 7.47. The van der Waals surface area contributed by atoms with Crippen LogP contribution in [0, 0.1) is 0 Å². The van der Waals surface area contributed by atoms with E-state index in [0.717, 1.165) is 31.0 Å². The normalized spacial score (nSPS) is 19.8. The molecule has 25 heavy (non-hydrogen) atoms. The zero-order valence-electron chi connectivity index (χ0n) is 14.7. The van der Waals surface area contributed by atoms with Gasteiger partial charge >= 0.3 is 0 Å². The van der Waals surface area contributed by atoms with Gasteiger partial charge in [0.2, 0.25) is 0 Å². The molecule has 2 rings (SSSR count). The molecule has 1 unspecified atom stereocenters. The molecule has 140 valence electrons. The average molecular weight is 462 g/mol. The molecular formula is C17H27IN4O3. The van der Waals surface area contributed by atoms with E-state index >= 15 is 0 Å². The van der Waals surface area contributed by atoms with E-state index in [1.807, 2.05) is 18.2 Å². The Labute approximate surface area is 165 Å². The molecule has 0 aliphatic carbocycles. The van der Waals surface area contributed by atoms with Crippen LogP contribution in [0.25, 0.3) is 0 Å². The van der Waals surface area contributed by atoms with E-state index in [1.54, 1.807) is 13.1 Å². The van der Waals surface area contributed by atoms with Crippen LogP contribution in [-0.2, 0) is 16.1 Å². The van der Waals surface area contributed by atoms with Gasteiger partial charge in [-0.15, -0.1) is 24.0 Å². The highest BCUT2D eigenvalue weighted by Crippen LogP contribution is 2.23.